The first kappa shape index (κ1) is 14.3. The average Bonchev–Trinajstić information content (AvgIpc) is 2.36. The topological polar surface area (TPSA) is 52.4 Å². The molecule has 0 spiro atoms. The van der Waals surface area contributed by atoms with E-state index < -0.39 is 4.92 Å². The van der Waals surface area contributed by atoms with Crippen molar-refractivity contribution in [2.24, 2.45) is 0 Å². The van der Waals surface area contributed by atoms with Gasteiger partial charge in [-0.3, -0.25) is 10.1 Å². The largest absolute Gasteiger partial charge is 0.487 e. The summed E-state index contributed by atoms with van der Waals surface area (Å²) in [6.07, 6.45) is 0. The van der Waals surface area contributed by atoms with E-state index in [1.54, 1.807) is 0 Å². The minimum atomic E-state index is -0.472. The molecule has 0 heterocycles. The second-order valence-electron chi connectivity index (χ2n) is 4.66. The van der Waals surface area contributed by atoms with Crippen LogP contribution in [-0.4, -0.2) is 4.92 Å². The Kier molecular flexibility index (Phi) is 4.25. The lowest BCUT2D eigenvalue weighted by atomic mass is 10.1. The maximum absolute atomic E-state index is 10.7. The number of ether oxygens (including phenoxy) is 1. The molecule has 0 unspecified atom stereocenters. The highest BCUT2D eigenvalue weighted by molar-refractivity contribution is 6.32. The number of hydrogen-bond acceptors (Lipinski definition) is 3. The number of benzene rings is 2. The second-order valence-corrected chi connectivity index (χ2v) is 5.06. The van der Waals surface area contributed by atoms with Gasteiger partial charge in [-0.15, -0.1) is 0 Å². The smallest absolute Gasteiger partial charge is 0.273 e. The third-order valence-electron chi connectivity index (χ3n) is 2.80. The summed E-state index contributed by atoms with van der Waals surface area (Å²) in [4.78, 5) is 10.3. The predicted octanol–water partition coefficient (Wildman–Crippen LogP) is 4.44. The maximum Gasteiger partial charge on any atom is 0.273 e. The van der Waals surface area contributed by atoms with E-state index in [0.717, 1.165) is 16.7 Å². The normalized spacial score (nSPS) is 10.3. The van der Waals surface area contributed by atoms with E-state index in [-0.39, 0.29) is 5.69 Å². The molecule has 0 aliphatic carbocycles. The Bertz CT molecular complexity index is 635. The summed E-state index contributed by atoms with van der Waals surface area (Å²) in [7, 11) is 0. The highest BCUT2D eigenvalue weighted by Crippen LogP contribution is 2.29. The van der Waals surface area contributed by atoms with Crippen molar-refractivity contribution in [3.63, 3.8) is 0 Å². The van der Waals surface area contributed by atoms with Crippen molar-refractivity contribution in [3.05, 3.63) is 68.2 Å². The monoisotopic (exact) mass is 291 g/mol. The molecule has 0 fully saturated rings. The molecule has 0 atom stereocenters. The van der Waals surface area contributed by atoms with Crippen LogP contribution in [0.4, 0.5) is 5.69 Å². The number of nitro benzene ring substituents is 1. The van der Waals surface area contributed by atoms with Crippen molar-refractivity contribution >= 4 is 17.3 Å². The Morgan fingerprint density at radius 1 is 1.15 bits per heavy atom. The quantitative estimate of drug-likeness (QED) is 0.618. The van der Waals surface area contributed by atoms with E-state index in [1.807, 2.05) is 26.0 Å². The summed E-state index contributed by atoms with van der Waals surface area (Å²) in [5.74, 6) is 0.319. The van der Waals surface area contributed by atoms with Gasteiger partial charge in [0.15, 0.2) is 0 Å². The van der Waals surface area contributed by atoms with Gasteiger partial charge in [-0.05, 0) is 25.5 Å². The number of nitro groups is 1. The maximum atomic E-state index is 10.7. The Morgan fingerprint density at radius 3 is 2.40 bits per heavy atom. The Balaban J connectivity index is 2.18. The molecule has 0 amide bonds. The van der Waals surface area contributed by atoms with E-state index in [2.05, 4.69) is 6.07 Å². The van der Waals surface area contributed by atoms with Crippen molar-refractivity contribution in [1.29, 1.82) is 0 Å². The van der Waals surface area contributed by atoms with Crippen molar-refractivity contribution in [2.45, 2.75) is 20.5 Å². The zero-order chi connectivity index (χ0) is 14.7. The van der Waals surface area contributed by atoms with E-state index in [4.69, 9.17) is 16.3 Å². The van der Waals surface area contributed by atoms with Crippen molar-refractivity contribution in [1.82, 2.24) is 0 Å². The van der Waals surface area contributed by atoms with Gasteiger partial charge in [0.05, 0.1) is 16.0 Å². The molecule has 2 aromatic rings. The van der Waals surface area contributed by atoms with Gasteiger partial charge < -0.3 is 4.74 Å². The summed E-state index contributed by atoms with van der Waals surface area (Å²) in [5.41, 5.74) is 3.26. The van der Waals surface area contributed by atoms with Gasteiger partial charge in [0.25, 0.3) is 5.69 Å². The third kappa shape index (κ3) is 3.48. The highest BCUT2D eigenvalue weighted by Gasteiger charge is 2.11. The van der Waals surface area contributed by atoms with E-state index in [1.165, 1.54) is 18.2 Å². The standard InChI is InChI=1S/C15H14ClNO3/c1-10-5-11(2)7-12(6-10)9-20-15-8-13(17(18)19)3-4-14(15)16/h3-8H,9H2,1-2H3. The first-order valence-corrected chi connectivity index (χ1v) is 6.47. The molecule has 2 aromatic carbocycles. The van der Waals surface area contributed by atoms with E-state index in [9.17, 15) is 10.1 Å². The summed E-state index contributed by atoms with van der Waals surface area (Å²) < 4.78 is 5.59. The summed E-state index contributed by atoms with van der Waals surface area (Å²) in [6, 6.07) is 10.3. The molecule has 0 saturated carbocycles. The number of halogens is 1. The average molecular weight is 292 g/mol. The minimum Gasteiger partial charge on any atom is -0.487 e. The SMILES string of the molecule is Cc1cc(C)cc(COc2cc([N+](=O)[O-])ccc2Cl)c1. The fourth-order valence-electron chi connectivity index (χ4n) is 2.03. The fourth-order valence-corrected chi connectivity index (χ4v) is 2.20. The lowest BCUT2D eigenvalue weighted by Gasteiger charge is -2.09. The zero-order valence-electron chi connectivity index (χ0n) is 11.2. The lowest BCUT2D eigenvalue weighted by Crippen LogP contribution is -1.98. The molecule has 0 aliphatic rings. The van der Waals surface area contributed by atoms with Crippen LogP contribution in [0.15, 0.2) is 36.4 Å². The fraction of sp³-hybridized carbons (Fsp3) is 0.200. The van der Waals surface area contributed by atoms with Crippen molar-refractivity contribution in [3.8, 4) is 5.75 Å². The molecule has 5 heteroatoms. The van der Waals surface area contributed by atoms with Gasteiger partial charge in [-0.1, -0.05) is 40.9 Å². The second kappa shape index (κ2) is 5.92. The third-order valence-corrected chi connectivity index (χ3v) is 3.11. The molecule has 20 heavy (non-hydrogen) atoms. The van der Waals surface area contributed by atoms with Crippen LogP contribution in [0.2, 0.25) is 5.02 Å². The van der Waals surface area contributed by atoms with Gasteiger partial charge in [0.1, 0.15) is 12.4 Å². The first-order valence-electron chi connectivity index (χ1n) is 6.09. The Morgan fingerprint density at radius 2 is 1.80 bits per heavy atom. The lowest BCUT2D eigenvalue weighted by molar-refractivity contribution is -0.384. The van der Waals surface area contributed by atoms with E-state index in [0.29, 0.717) is 17.4 Å². The predicted molar refractivity (Wildman–Crippen MR) is 78.4 cm³/mol. The molecule has 0 radical (unpaired) electrons. The van der Waals surface area contributed by atoms with Gasteiger partial charge in [-0.2, -0.15) is 0 Å². The Hall–Kier alpha value is -2.07. The number of aryl methyl sites for hydroxylation is 2. The number of non-ortho nitro benzene ring substituents is 1. The number of rotatable bonds is 4. The molecule has 0 saturated heterocycles. The molecular formula is C15H14ClNO3. The van der Waals surface area contributed by atoms with Gasteiger partial charge in [0.2, 0.25) is 0 Å². The molecule has 0 bridgehead atoms. The van der Waals surface area contributed by atoms with Crippen LogP contribution in [0.5, 0.6) is 5.75 Å². The van der Waals surface area contributed by atoms with Crippen LogP contribution in [-0.2, 0) is 6.61 Å². The first-order chi connectivity index (χ1) is 9.45. The minimum absolute atomic E-state index is 0.0372. The van der Waals surface area contributed by atoms with Gasteiger partial charge >= 0.3 is 0 Å². The molecule has 0 N–H and O–H groups in total. The van der Waals surface area contributed by atoms with E-state index >= 15 is 0 Å². The number of nitrogens with zero attached hydrogens (tertiary/aromatic N) is 1. The van der Waals surface area contributed by atoms with Gasteiger partial charge in [0, 0.05) is 6.07 Å². The molecule has 0 aliphatic heterocycles. The number of hydrogen-bond donors (Lipinski definition) is 0. The zero-order valence-corrected chi connectivity index (χ0v) is 12.0. The summed E-state index contributed by atoms with van der Waals surface area (Å²) >= 11 is 5.98. The van der Waals surface area contributed by atoms with Crippen LogP contribution < -0.4 is 4.74 Å². The van der Waals surface area contributed by atoms with Crippen molar-refractivity contribution in [2.75, 3.05) is 0 Å². The molecule has 2 rings (SSSR count). The van der Waals surface area contributed by atoms with Crippen LogP contribution in [0, 0.1) is 24.0 Å². The summed E-state index contributed by atoms with van der Waals surface area (Å²) in [6.45, 7) is 4.34. The molecule has 104 valence electrons. The molecule has 4 nitrogen and oxygen atoms in total. The highest BCUT2D eigenvalue weighted by atomic mass is 35.5. The van der Waals surface area contributed by atoms with Crippen LogP contribution in [0.3, 0.4) is 0 Å². The van der Waals surface area contributed by atoms with Crippen molar-refractivity contribution < 1.29 is 9.66 Å². The summed E-state index contributed by atoms with van der Waals surface area (Å²) in [5, 5.41) is 11.1. The van der Waals surface area contributed by atoms with Crippen LogP contribution >= 0.6 is 11.6 Å². The van der Waals surface area contributed by atoms with Crippen LogP contribution in [0.25, 0.3) is 0 Å². The molecular weight excluding hydrogens is 278 g/mol. The molecule has 0 aromatic heterocycles. The Labute approximate surface area is 122 Å². The van der Waals surface area contributed by atoms with Crippen LogP contribution in [0.1, 0.15) is 16.7 Å². The van der Waals surface area contributed by atoms with Gasteiger partial charge in [-0.25, -0.2) is 0 Å².